The Kier molecular flexibility index (Phi) is 2.36. The Balaban J connectivity index is 2.50. The van der Waals surface area contributed by atoms with Crippen molar-refractivity contribution in [2.45, 2.75) is 11.3 Å². The molecule has 0 aromatic heterocycles. The number of sulfone groups is 1. The lowest BCUT2D eigenvalue weighted by molar-refractivity contribution is 0.602. The van der Waals surface area contributed by atoms with Crippen molar-refractivity contribution in [3.8, 4) is 0 Å². The highest BCUT2D eigenvalue weighted by Gasteiger charge is 2.23. The van der Waals surface area contributed by atoms with Crippen molar-refractivity contribution in [2.24, 2.45) is 5.73 Å². The molecule has 1 aliphatic carbocycles. The first-order valence-corrected chi connectivity index (χ1v) is 6.07. The third-order valence-corrected chi connectivity index (χ3v) is 4.14. The summed E-state index contributed by atoms with van der Waals surface area (Å²) < 4.78 is 24.1. The molecule has 0 amide bonds. The molecule has 0 radical (unpaired) electrons. The van der Waals surface area contributed by atoms with Gasteiger partial charge in [-0.15, -0.1) is 0 Å². The van der Waals surface area contributed by atoms with Gasteiger partial charge in [-0.1, -0.05) is 30.4 Å². The summed E-state index contributed by atoms with van der Waals surface area (Å²) in [7, 11) is -3.42. The van der Waals surface area contributed by atoms with Crippen LogP contribution in [0.4, 0.5) is 0 Å². The SMILES string of the molecule is NC1=CCC=C1S(=O)(=O)c1ccccc1. The number of hydrogen-bond donors (Lipinski definition) is 1. The Hall–Kier alpha value is -1.55. The molecular formula is C11H11NO2S. The average molecular weight is 221 g/mol. The fraction of sp³-hybridized carbons (Fsp3) is 0.0909. The lowest BCUT2D eigenvalue weighted by Gasteiger charge is -2.05. The van der Waals surface area contributed by atoms with Gasteiger partial charge in [0.1, 0.15) is 0 Å². The Bertz CT molecular complexity index is 527. The molecule has 2 N–H and O–H groups in total. The van der Waals surface area contributed by atoms with Crippen LogP contribution in [-0.4, -0.2) is 8.42 Å². The Labute approximate surface area is 88.8 Å². The molecule has 0 aliphatic heterocycles. The summed E-state index contributed by atoms with van der Waals surface area (Å²) in [6, 6.07) is 8.31. The molecule has 78 valence electrons. The van der Waals surface area contributed by atoms with Crippen LogP contribution in [-0.2, 0) is 9.84 Å². The van der Waals surface area contributed by atoms with Gasteiger partial charge < -0.3 is 5.73 Å². The molecule has 4 heteroatoms. The number of benzene rings is 1. The zero-order valence-electron chi connectivity index (χ0n) is 8.05. The van der Waals surface area contributed by atoms with Gasteiger partial charge in [-0.05, 0) is 18.6 Å². The highest BCUT2D eigenvalue weighted by molar-refractivity contribution is 7.95. The Morgan fingerprint density at radius 1 is 1.07 bits per heavy atom. The fourth-order valence-electron chi connectivity index (χ4n) is 1.50. The van der Waals surface area contributed by atoms with E-state index in [9.17, 15) is 8.42 Å². The molecule has 0 unspecified atom stereocenters. The lowest BCUT2D eigenvalue weighted by atomic mass is 10.4. The lowest BCUT2D eigenvalue weighted by Crippen LogP contribution is -2.10. The fourth-order valence-corrected chi connectivity index (χ4v) is 2.98. The average Bonchev–Trinajstić information content (AvgIpc) is 2.66. The Morgan fingerprint density at radius 2 is 1.73 bits per heavy atom. The van der Waals surface area contributed by atoms with Crippen molar-refractivity contribution in [2.75, 3.05) is 0 Å². The maximum atomic E-state index is 12.1. The molecule has 1 aliphatic rings. The second-order valence-corrected chi connectivity index (χ2v) is 5.20. The van der Waals surface area contributed by atoms with E-state index >= 15 is 0 Å². The Morgan fingerprint density at radius 3 is 2.27 bits per heavy atom. The quantitative estimate of drug-likeness (QED) is 0.825. The van der Waals surface area contributed by atoms with Crippen LogP contribution in [0.1, 0.15) is 6.42 Å². The van der Waals surface area contributed by atoms with Gasteiger partial charge >= 0.3 is 0 Å². The summed E-state index contributed by atoms with van der Waals surface area (Å²) in [6.07, 6.45) is 3.93. The van der Waals surface area contributed by atoms with E-state index in [4.69, 9.17) is 5.73 Å². The minimum absolute atomic E-state index is 0.230. The van der Waals surface area contributed by atoms with E-state index in [1.807, 2.05) is 0 Å². The summed E-state index contributed by atoms with van der Waals surface area (Å²) in [4.78, 5) is 0.517. The molecule has 0 atom stereocenters. The van der Waals surface area contributed by atoms with Crippen LogP contribution in [0, 0.1) is 0 Å². The summed E-state index contributed by atoms with van der Waals surface area (Å²) in [6.45, 7) is 0. The number of hydrogen-bond acceptors (Lipinski definition) is 3. The third-order valence-electron chi connectivity index (χ3n) is 2.27. The zero-order valence-corrected chi connectivity index (χ0v) is 8.87. The molecule has 3 nitrogen and oxygen atoms in total. The van der Waals surface area contributed by atoms with E-state index < -0.39 is 9.84 Å². The van der Waals surface area contributed by atoms with Crippen LogP contribution in [0.25, 0.3) is 0 Å². The van der Waals surface area contributed by atoms with Crippen molar-refractivity contribution in [3.63, 3.8) is 0 Å². The van der Waals surface area contributed by atoms with E-state index in [1.54, 1.807) is 42.5 Å². The van der Waals surface area contributed by atoms with E-state index in [0.717, 1.165) is 0 Å². The van der Waals surface area contributed by atoms with E-state index in [-0.39, 0.29) is 9.80 Å². The van der Waals surface area contributed by atoms with Crippen LogP contribution in [0.15, 0.2) is 58.0 Å². The predicted octanol–water partition coefficient (Wildman–Crippen LogP) is 1.59. The van der Waals surface area contributed by atoms with Crippen molar-refractivity contribution < 1.29 is 8.42 Å². The van der Waals surface area contributed by atoms with Crippen molar-refractivity contribution in [1.82, 2.24) is 0 Å². The smallest absolute Gasteiger partial charge is 0.208 e. The summed E-state index contributed by atoms with van der Waals surface area (Å²) >= 11 is 0. The van der Waals surface area contributed by atoms with Gasteiger partial charge in [0.2, 0.25) is 9.84 Å². The number of rotatable bonds is 2. The minimum Gasteiger partial charge on any atom is -0.398 e. The van der Waals surface area contributed by atoms with Crippen LogP contribution in [0.5, 0.6) is 0 Å². The van der Waals surface area contributed by atoms with Gasteiger partial charge in [0.25, 0.3) is 0 Å². The summed E-state index contributed by atoms with van der Waals surface area (Å²) in [5.41, 5.74) is 5.96. The van der Waals surface area contributed by atoms with Crippen LogP contribution < -0.4 is 5.73 Å². The number of allylic oxidation sites excluding steroid dienone is 2. The van der Waals surface area contributed by atoms with Gasteiger partial charge in [-0.25, -0.2) is 8.42 Å². The van der Waals surface area contributed by atoms with Gasteiger partial charge in [-0.2, -0.15) is 0 Å². The zero-order chi connectivity index (χ0) is 10.9. The first-order valence-electron chi connectivity index (χ1n) is 4.58. The molecule has 0 spiro atoms. The highest BCUT2D eigenvalue weighted by atomic mass is 32.2. The maximum absolute atomic E-state index is 12.1. The van der Waals surface area contributed by atoms with E-state index in [2.05, 4.69) is 0 Å². The molecule has 1 aromatic rings. The monoisotopic (exact) mass is 221 g/mol. The molecule has 0 saturated carbocycles. The number of nitrogens with two attached hydrogens (primary N) is 1. The molecule has 0 bridgehead atoms. The van der Waals surface area contributed by atoms with Crippen molar-refractivity contribution >= 4 is 9.84 Å². The largest absolute Gasteiger partial charge is 0.398 e. The van der Waals surface area contributed by atoms with Crippen LogP contribution in [0.2, 0.25) is 0 Å². The van der Waals surface area contributed by atoms with Crippen LogP contribution >= 0.6 is 0 Å². The first kappa shape index (κ1) is 9.98. The second-order valence-electron chi connectivity index (χ2n) is 3.28. The molecular weight excluding hydrogens is 210 g/mol. The second kappa shape index (κ2) is 3.55. The molecule has 0 fully saturated rings. The molecule has 0 heterocycles. The normalized spacial score (nSPS) is 16.0. The van der Waals surface area contributed by atoms with E-state index in [0.29, 0.717) is 12.1 Å². The topological polar surface area (TPSA) is 60.2 Å². The maximum Gasteiger partial charge on any atom is 0.208 e. The minimum atomic E-state index is -3.42. The van der Waals surface area contributed by atoms with Gasteiger partial charge in [0, 0.05) is 5.70 Å². The van der Waals surface area contributed by atoms with Gasteiger partial charge in [-0.3, -0.25) is 0 Å². The summed E-state index contributed by atoms with van der Waals surface area (Å²) in [5, 5.41) is 0. The molecule has 0 saturated heterocycles. The third kappa shape index (κ3) is 1.68. The van der Waals surface area contributed by atoms with Crippen LogP contribution in [0.3, 0.4) is 0 Å². The summed E-state index contributed by atoms with van der Waals surface area (Å²) in [5.74, 6) is 0. The van der Waals surface area contributed by atoms with Crippen molar-refractivity contribution in [1.29, 1.82) is 0 Å². The molecule has 15 heavy (non-hydrogen) atoms. The molecule has 1 aromatic carbocycles. The first-order chi connectivity index (χ1) is 7.12. The van der Waals surface area contributed by atoms with Gasteiger partial charge in [0.05, 0.1) is 9.80 Å². The van der Waals surface area contributed by atoms with Crippen molar-refractivity contribution in [3.05, 3.63) is 53.1 Å². The standard InChI is InChI=1S/C11H11NO2S/c12-10-7-4-8-11(10)15(13,14)9-5-2-1-3-6-9/h1-3,5-8H,4,12H2. The predicted molar refractivity (Wildman–Crippen MR) is 58.6 cm³/mol. The van der Waals surface area contributed by atoms with E-state index in [1.165, 1.54) is 0 Å². The molecule has 2 rings (SSSR count). The highest BCUT2D eigenvalue weighted by Crippen LogP contribution is 2.26. The van der Waals surface area contributed by atoms with Gasteiger partial charge in [0.15, 0.2) is 0 Å².